The summed E-state index contributed by atoms with van der Waals surface area (Å²) in [5.41, 5.74) is 6.78. The molecule has 1 nitrogen and oxygen atoms in total. The summed E-state index contributed by atoms with van der Waals surface area (Å²) in [7, 11) is 1.07. The molecule has 3 aromatic carbocycles. The van der Waals surface area contributed by atoms with Gasteiger partial charge >= 0.3 is 17.1 Å². The molecule has 1 atom stereocenters. The van der Waals surface area contributed by atoms with Gasteiger partial charge < -0.3 is 4.74 Å². The molecule has 10 radical (unpaired) electrons. The van der Waals surface area contributed by atoms with Gasteiger partial charge in [-0.1, -0.05) is 65.6 Å². The summed E-state index contributed by atoms with van der Waals surface area (Å²) in [6, 6.07) is 22.5. The average molecular weight is 593 g/mol. The normalized spacial score (nSPS) is 16.5. The minimum Gasteiger partial charge on any atom is -0.497 e. The Kier molecular flexibility index (Phi) is 13.0. The van der Waals surface area contributed by atoms with Crippen LogP contribution >= 0.6 is 19.7 Å². The van der Waals surface area contributed by atoms with Crippen LogP contribution in [0.25, 0.3) is 0 Å². The smallest absolute Gasteiger partial charge is 0.497 e. The van der Waals surface area contributed by atoms with E-state index in [1.165, 1.54) is 49.3 Å². The number of hydrogen-bond acceptors (Lipinski definition) is 2. The summed E-state index contributed by atoms with van der Waals surface area (Å²) in [6.45, 7) is 11.2. The van der Waals surface area contributed by atoms with Crippen LogP contribution in [0.2, 0.25) is 0 Å². The predicted molar refractivity (Wildman–Crippen MR) is 167 cm³/mol. The zero-order chi connectivity index (χ0) is 27.1. The van der Waals surface area contributed by atoms with Crippen LogP contribution in [0.3, 0.4) is 0 Å². The molecule has 200 valence electrons. The number of ether oxygens (including phenoxy) is 1. The van der Waals surface area contributed by atoms with Gasteiger partial charge in [-0.3, -0.25) is 0 Å². The second-order valence-electron chi connectivity index (χ2n) is 9.79. The van der Waals surface area contributed by atoms with Crippen molar-refractivity contribution in [3.63, 3.8) is 0 Å². The maximum absolute atomic E-state index is 5.33. The molecule has 0 N–H and O–H groups in total. The van der Waals surface area contributed by atoms with Crippen molar-refractivity contribution in [2.24, 2.45) is 0 Å². The zero-order valence-electron chi connectivity index (χ0n) is 23.6. The van der Waals surface area contributed by atoms with E-state index in [1.54, 1.807) is 7.11 Å². The molecule has 2 aliphatic carbocycles. The molecule has 0 heterocycles. The fourth-order valence-electron chi connectivity index (χ4n) is 4.80. The third kappa shape index (κ3) is 9.13. The molecule has 0 unspecified atom stereocenters. The standard InChI is InChI=1S/C30H32OPS.C5H5.Fe/c1-20-14-21(2)17-26(16-20)32(27-18-22(3)15-23(4)19-27)30-9-7-8-29(30)24(5)33-28-12-10-25(31-6)11-13-28;1-2-4-5-3-1;/h7-19,24H,1-6H3;1-5H;/q;;+2/t24-;;/m0../s1. The van der Waals surface area contributed by atoms with Gasteiger partial charge in [0.1, 0.15) is 5.75 Å². The molecule has 0 bridgehead atoms. The van der Waals surface area contributed by atoms with E-state index in [0.29, 0.717) is 5.25 Å². The van der Waals surface area contributed by atoms with Gasteiger partial charge in [0.25, 0.3) is 0 Å². The quantitative estimate of drug-likeness (QED) is 0.155. The summed E-state index contributed by atoms with van der Waals surface area (Å²) in [4.78, 5) is 1.26. The summed E-state index contributed by atoms with van der Waals surface area (Å²) in [5, 5.41) is 3.22. The van der Waals surface area contributed by atoms with E-state index in [2.05, 4.69) is 102 Å². The largest absolute Gasteiger partial charge is 2.00 e. The van der Waals surface area contributed by atoms with Crippen LogP contribution in [0.4, 0.5) is 0 Å². The van der Waals surface area contributed by atoms with Gasteiger partial charge in [0, 0.05) is 21.7 Å². The van der Waals surface area contributed by atoms with Crippen molar-refractivity contribution in [1.82, 2.24) is 0 Å². The Morgan fingerprint density at radius 3 is 1.54 bits per heavy atom. The molecule has 0 spiro atoms. The van der Waals surface area contributed by atoms with Crippen LogP contribution in [0, 0.1) is 90.6 Å². The minimum atomic E-state index is -0.643. The van der Waals surface area contributed by atoms with E-state index in [4.69, 9.17) is 4.74 Å². The van der Waals surface area contributed by atoms with Crippen molar-refractivity contribution in [3.05, 3.63) is 146 Å². The molecule has 0 aromatic heterocycles. The third-order valence-electron chi connectivity index (χ3n) is 6.36. The van der Waals surface area contributed by atoms with Crippen LogP contribution < -0.4 is 15.3 Å². The van der Waals surface area contributed by atoms with Crippen LogP contribution in [-0.4, -0.2) is 12.4 Å². The van der Waals surface area contributed by atoms with Crippen LogP contribution in [0.5, 0.6) is 5.75 Å². The van der Waals surface area contributed by atoms with Gasteiger partial charge in [0.2, 0.25) is 0 Å². The van der Waals surface area contributed by atoms with Gasteiger partial charge in [-0.25, -0.2) is 0 Å². The number of benzene rings is 3. The van der Waals surface area contributed by atoms with Crippen LogP contribution in [0.15, 0.2) is 65.6 Å². The Labute approximate surface area is 254 Å². The van der Waals surface area contributed by atoms with Gasteiger partial charge in [-0.2, -0.15) is 0 Å². The fraction of sp³-hybridized carbons (Fsp3) is 0.200. The number of methoxy groups -OCH3 is 1. The van der Waals surface area contributed by atoms with E-state index in [-0.39, 0.29) is 17.1 Å². The molecule has 39 heavy (non-hydrogen) atoms. The molecule has 0 amide bonds. The molecule has 0 saturated heterocycles. The Morgan fingerprint density at radius 1 is 0.641 bits per heavy atom. The van der Waals surface area contributed by atoms with E-state index in [1.807, 2.05) is 56.0 Å². The summed E-state index contributed by atoms with van der Waals surface area (Å²) >= 11 is 1.91. The summed E-state index contributed by atoms with van der Waals surface area (Å²) in [5.74, 6) is 2.33. The van der Waals surface area contributed by atoms with Crippen molar-refractivity contribution in [3.8, 4) is 5.75 Å². The van der Waals surface area contributed by atoms with Gasteiger partial charge in [0.05, 0.1) is 7.11 Å². The Morgan fingerprint density at radius 2 is 1.10 bits per heavy atom. The Hall–Kier alpha value is -1.24. The fourth-order valence-corrected chi connectivity index (χ4v) is 8.87. The first kappa shape index (κ1) is 32.3. The van der Waals surface area contributed by atoms with Crippen molar-refractivity contribution in [1.29, 1.82) is 0 Å². The predicted octanol–water partition coefficient (Wildman–Crippen LogP) is 8.29. The average Bonchev–Trinajstić information content (AvgIpc) is 3.59. The Bertz CT molecular complexity index is 1070. The number of rotatable bonds is 7. The molecule has 2 fully saturated rings. The SMILES string of the molecule is COc1ccc(S[C@@H](C)[C]2[CH][CH][CH][C]2P(c2cc(C)cc(C)c2)c2cc(C)cc(C)c2)cc1.[CH]1[CH][CH][CH][CH]1.[Fe+2]. The van der Waals surface area contributed by atoms with E-state index >= 15 is 0 Å². The topological polar surface area (TPSA) is 9.23 Å². The minimum absolute atomic E-state index is 0. The molecular formula is C35H37FeOPS+2. The van der Waals surface area contributed by atoms with Crippen molar-refractivity contribution in [2.45, 2.75) is 44.8 Å². The van der Waals surface area contributed by atoms with Crippen LogP contribution in [0.1, 0.15) is 29.2 Å². The second-order valence-corrected chi connectivity index (χ2v) is 13.4. The molecular weight excluding hydrogens is 555 g/mol. The molecule has 2 saturated carbocycles. The van der Waals surface area contributed by atoms with E-state index < -0.39 is 7.92 Å². The van der Waals surface area contributed by atoms with Gasteiger partial charge in [-0.15, -0.1) is 11.8 Å². The van der Waals surface area contributed by atoms with Crippen molar-refractivity contribution in [2.75, 3.05) is 7.11 Å². The van der Waals surface area contributed by atoms with E-state index in [0.717, 1.165) is 5.75 Å². The third-order valence-corrected chi connectivity index (χ3v) is 9.95. The maximum Gasteiger partial charge on any atom is 2.00 e. The summed E-state index contributed by atoms with van der Waals surface area (Å²) in [6.07, 6.45) is 16.9. The monoisotopic (exact) mass is 592 g/mol. The zero-order valence-corrected chi connectivity index (χ0v) is 26.4. The number of thioether (sulfide) groups is 1. The molecule has 5 rings (SSSR count). The van der Waals surface area contributed by atoms with Crippen LogP contribution in [-0.2, 0) is 17.1 Å². The number of aryl methyl sites for hydroxylation is 4. The van der Waals surface area contributed by atoms with Crippen molar-refractivity contribution >= 4 is 30.3 Å². The summed E-state index contributed by atoms with van der Waals surface area (Å²) < 4.78 is 5.33. The van der Waals surface area contributed by atoms with Crippen molar-refractivity contribution < 1.29 is 21.8 Å². The second kappa shape index (κ2) is 15.7. The Balaban J connectivity index is 0.000000630. The number of hydrogen-bond donors (Lipinski definition) is 0. The molecule has 4 heteroatoms. The first-order valence-electron chi connectivity index (χ1n) is 13.0. The maximum atomic E-state index is 5.33. The first-order valence-corrected chi connectivity index (χ1v) is 15.3. The first-order chi connectivity index (χ1) is 18.3. The van der Waals surface area contributed by atoms with E-state index in [9.17, 15) is 0 Å². The molecule has 2 aliphatic rings. The van der Waals surface area contributed by atoms with Gasteiger partial charge in [-0.05, 0) is 122 Å². The molecule has 0 aliphatic heterocycles. The molecule has 3 aromatic rings. The van der Waals surface area contributed by atoms with Gasteiger partial charge in [0.15, 0.2) is 0 Å².